The number of Topliss-reactive ketones (excluding diaryl/α,β-unsaturated/α-hetero) is 1. The maximum Gasteiger partial charge on any atom is 0.174 e. The number of likely N-dealkylation sites (N-methyl/N-ethyl adjacent to an activating group) is 1. The molecule has 4 unspecified atom stereocenters. The lowest BCUT2D eigenvalue weighted by Crippen LogP contribution is -2.81. The fraction of sp³-hybridized carbons (Fsp3) is 0.500. The molecule has 2 heterocycles. The molecule has 0 radical (unpaired) electrons. The minimum atomic E-state index is -0.547. The van der Waals surface area contributed by atoms with Gasteiger partial charge in [0.15, 0.2) is 23.4 Å². The van der Waals surface area contributed by atoms with Crippen LogP contribution in [0.1, 0.15) is 36.0 Å². The third kappa shape index (κ3) is 2.26. The van der Waals surface area contributed by atoms with E-state index < -0.39 is 17.1 Å². The van der Waals surface area contributed by atoms with Gasteiger partial charge in [0.1, 0.15) is 11.6 Å². The number of hydrogen-bond acceptors (Lipinski definition) is 4. The Labute approximate surface area is 183 Å². The zero-order valence-electron chi connectivity index (χ0n) is 18.3. The van der Waals surface area contributed by atoms with Crippen molar-refractivity contribution in [3.63, 3.8) is 0 Å². The van der Waals surface area contributed by atoms with Gasteiger partial charge in [-0.15, -0.1) is 0 Å². The first-order valence-corrected chi connectivity index (χ1v) is 11.4. The summed E-state index contributed by atoms with van der Waals surface area (Å²) in [5, 5.41) is 10.6. The largest absolute Gasteiger partial charge is 0.504 e. The van der Waals surface area contributed by atoms with Crippen LogP contribution in [0.2, 0.25) is 0 Å². The minimum Gasteiger partial charge on any atom is -0.504 e. The second-order valence-corrected chi connectivity index (χ2v) is 10.1. The van der Waals surface area contributed by atoms with Gasteiger partial charge in [0.2, 0.25) is 0 Å². The van der Waals surface area contributed by atoms with Crippen molar-refractivity contribution in [2.45, 2.75) is 55.3 Å². The van der Waals surface area contributed by atoms with Crippen molar-refractivity contribution in [1.29, 1.82) is 0 Å². The van der Waals surface area contributed by atoms with Crippen molar-refractivity contribution in [3.8, 4) is 11.5 Å². The van der Waals surface area contributed by atoms with Gasteiger partial charge in [-0.2, -0.15) is 0 Å². The van der Waals surface area contributed by atoms with Crippen molar-refractivity contribution in [2.24, 2.45) is 0 Å². The number of likely N-dealkylation sites (tertiary alicyclic amines) is 1. The maximum absolute atomic E-state index is 13.1. The number of carbonyl (C=O) groups is 1. The van der Waals surface area contributed by atoms with Crippen LogP contribution in [0.4, 0.5) is 0 Å². The summed E-state index contributed by atoms with van der Waals surface area (Å²) in [6.07, 6.45) is 3.39. The summed E-state index contributed by atoms with van der Waals surface area (Å²) in [7, 11) is 4.19. The Morgan fingerprint density at radius 2 is 2.00 bits per heavy atom. The standard InChI is InChI=1S/C26H29NO4/c1-27(14-11-17-6-4-3-5-7-17)15-13-25-22-18-8-9-19(28)23(22)31-24(25)20(29)10-12-26(25,30-2)21(27)16-18/h3-9,21,24H,10-16H2,1-2H3/p+1/t21?,24?,25-,26?,27?/m0/s1. The molecule has 5 heteroatoms. The third-order valence-electron chi connectivity index (χ3n) is 8.98. The summed E-state index contributed by atoms with van der Waals surface area (Å²) < 4.78 is 13.7. The molecule has 1 N–H and O–H groups in total. The Hall–Kier alpha value is -2.37. The molecular formula is C26H30NO4+. The SMILES string of the molecule is COC12CCC(=O)C3Oc4c(O)ccc5c4[C@@]31CC[N+](C)(CCc1ccccc1)C2C5. The topological polar surface area (TPSA) is 55.8 Å². The summed E-state index contributed by atoms with van der Waals surface area (Å²) in [6.45, 7) is 2.01. The number of ether oxygens (including phenoxy) is 2. The highest BCUT2D eigenvalue weighted by atomic mass is 16.5. The van der Waals surface area contributed by atoms with E-state index in [2.05, 4.69) is 37.4 Å². The van der Waals surface area contributed by atoms with Crippen LogP contribution in [-0.2, 0) is 27.8 Å². The van der Waals surface area contributed by atoms with Crippen LogP contribution < -0.4 is 4.74 Å². The molecule has 162 valence electrons. The highest BCUT2D eigenvalue weighted by Crippen LogP contribution is 2.66. The first kappa shape index (κ1) is 19.3. The first-order valence-electron chi connectivity index (χ1n) is 11.4. The van der Waals surface area contributed by atoms with Gasteiger partial charge in [-0.25, -0.2) is 0 Å². The Balaban J connectivity index is 1.49. The number of piperidine rings is 1. The summed E-state index contributed by atoms with van der Waals surface area (Å²) in [6, 6.07) is 14.7. The van der Waals surface area contributed by atoms with Gasteiger partial charge in [-0.05, 0) is 23.6 Å². The number of aromatic hydroxyl groups is 1. The van der Waals surface area contributed by atoms with Gasteiger partial charge in [0.25, 0.3) is 0 Å². The lowest BCUT2D eigenvalue weighted by Gasteiger charge is -2.65. The summed E-state index contributed by atoms with van der Waals surface area (Å²) >= 11 is 0. The number of ketones is 1. The van der Waals surface area contributed by atoms with Crippen LogP contribution in [0.5, 0.6) is 11.5 Å². The van der Waals surface area contributed by atoms with Crippen molar-refractivity contribution in [2.75, 3.05) is 27.2 Å². The minimum absolute atomic E-state index is 0.144. The number of carbonyl (C=O) groups excluding carboxylic acids is 1. The highest BCUT2D eigenvalue weighted by molar-refractivity contribution is 5.90. The number of quaternary nitrogens is 1. The molecule has 1 spiro atoms. The fourth-order valence-electron chi connectivity index (χ4n) is 7.51. The molecule has 1 saturated heterocycles. The lowest BCUT2D eigenvalue weighted by molar-refractivity contribution is -0.949. The van der Waals surface area contributed by atoms with E-state index in [1.165, 1.54) is 11.1 Å². The molecule has 2 bridgehead atoms. The monoisotopic (exact) mass is 420 g/mol. The molecule has 2 fully saturated rings. The van der Waals surface area contributed by atoms with E-state index in [1.807, 2.05) is 13.2 Å². The molecule has 2 aliphatic heterocycles. The van der Waals surface area contributed by atoms with Crippen LogP contribution in [0.15, 0.2) is 42.5 Å². The Bertz CT molecular complexity index is 1070. The molecule has 31 heavy (non-hydrogen) atoms. The number of hydrogen-bond donors (Lipinski definition) is 1. The fourth-order valence-corrected chi connectivity index (χ4v) is 7.51. The quantitative estimate of drug-likeness (QED) is 0.772. The second kappa shape index (κ2) is 6.33. The molecule has 2 aromatic carbocycles. The van der Waals surface area contributed by atoms with Crippen LogP contribution >= 0.6 is 0 Å². The first-order chi connectivity index (χ1) is 15.0. The Kier molecular flexibility index (Phi) is 3.95. The smallest absolute Gasteiger partial charge is 0.174 e. The van der Waals surface area contributed by atoms with Crippen molar-refractivity contribution in [1.82, 2.24) is 0 Å². The predicted molar refractivity (Wildman–Crippen MR) is 116 cm³/mol. The molecule has 0 amide bonds. The average Bonchev–Trinajstić information content (AvgIpc) is 3.16. The molecular weight excluding hydrogens is 390 g/mol. The van der Waals surface area contributed by atoms with E-state index in [4.69, 9.17) is 9.47 Å². The number of nitrogens with zero attached hydrogens (tertiary/aromatic N) is 1. The lowest BCUT2D eigenvalue weighted by atomic mass is 9.48. The molecule has 1 saturated carbocycles. The van der Waals surface area contributed by atoms with E-state index in [0.717, 1.165) is 48.8 Å². The Morgan fingerprint density at radius 3 is 2.77 bits per heavy atom. The molecule has 6 rings (SSSR count). The normalized spacial score (nSPS) is 37.3. The molecule has 4 aliphatic rings. The second-order valence-electron chi connectivity index (χ2n) is 10.1. The summed E-state index contributed by atoms with van der Waals surface area (Å²) in [5.74, 6) is 0.818. The average molecular weight is 421 g/mol. The van der Waals surface area contributed by atoms with Gasteiger partial charge < -0.3 is 19.1 Å². The van der Waals surface area contributed by atoms with Gasteiger partial charge in [-0.1, -0.05) is 36.4 Å². The van der Waals surface area contributed by atoms with Crippen LogP contribution in [0.25, 0.3) is 0 Å². The van der Waals surface area contributed by atoms with Gasteiger partial charge in [0, 0.05) is 38.4 Å². The van der Waals surface area contributed by atoms with Gasteiger partial charge in [-0.3, -0.25) is 4.79 Å². The van der Waals surface area contributed by atoms with Crippen LogP contribution in [-0.4, -0.2) is 60.4 Å². The number of methoxy groups -OCH3 is 1. The van der Waals surface area contributed by atoms with Crippen molar-refractivity contribution < 1.29 is 23.9 Å². The number of rotatable bonds is 4. The zero-order chi connectivity index (χ0) is 21.4. The van der Waals surface area contributed by atoms with Crippen molar-refractivity contribution >= 4 is 5.78 Å². The summed E-state index contributed by atoms with van der Waals surface area (Å²) in [5.41, 5.74) is 2.68. The molecule has 2 aromatic rings. The van der Waals surface area contributed by atoms with Crippen molar-refractivity contribution in [3.05, 3.63) is 59.2 Å². The van der Waals surface area contributed by atoms with Crippen LogP contribution in [0, 0.1) is 0 Å². The molecule has 0 aromatic heterocycles. The van der Waals surface area contributed by atoms with E-state index in [0.29, 0.717) is 12.2 Å². The van der Waals surface area contributed by atoms with E-state index in [1.54, 1.807) is 6.07 Å². The molecule has 5 nitrogen and oxygen atoms in total. The number of phenolic OH excluding ortho intramolecular Hbond substituents is 1. The van der Waals surface area contributed by atoms with E-state index in [9.17, 15) is 9.90 Å². The maximum atomic E-state index is 13.1. The Morgan fingerprint density at radius 1 is 1.19 bits per heavy atom. The van der Waals surface area contributed by atoms with E-state index in [-0.39, 0.29) is 17.6 Å². The van der Waals surface area contributed by atoms with Gasteiger partial charge in [0.05, 0.1) is 25.6 Å². The van der Waals surface area contributed by atoms with Crippen LogP contribution in [0.3, 0.4) is 0 Å². The van der Waals surface area contributed by atoms with E-state index >= 15 is 0 Å². The number of phenols is 1. The third-order valence-corrected chi connectivity index (χ3v) is 8.98. The summed E-state index contributed by atoms with van der Waals surface area (Å²) in [4.78, 5) is 13.1. The molecule has 2 aliphatic carbocycles. The predicted octanol–water partition coefficient (Wildman–Crippen LogP) is 3.16. The number of benzene rings is 2. The van der Waals surface area contributed by atoms with Gasteiger partial charge >= 0.3 is 0 Å². The highest BCUT2D eigenvalue weighted by Gasteiger charge is 2.77. The zero-order valence-corrected chi connectivity index (χ0v) is 18.3. The molecule has 5 atom stereocenters.